The third kappa shape index (κ3) is 2.03. The number of nitrogens with two attached hydrogens (primary N) is 1. The minimum atomic E-state index is -0.571. The highest BCUT2D eigenvalue weighted by Gasteiger charge is 2.16. The van der Waals surface area contributed by atoms with E-state index in [0.717, 1.165) is 35.6 Å². The third-order valence-corrected chi connectivity index (χ3v) is 3.22. The Kier molecular flexibility index (Phi) is 2.67. The van der Waals surface area contributed by atoms with Gasteiger partial charge in [-0.1, -0.05) is 0 Å². The number of carbonyl (C=O) groups excluding carboxylic acids is 1. The van der Waals surface area contributed by atoms with Gasteiger partial charge in [-0.05, 0) is 30.2 Å². The maximum Gasteiger partial charge on any atom is 0.268 e. The van der Waals surface area contributed by atoms with E-state index in [2.05, 4.69) is 16.0 Å². The van der Waals surface area contributed by atoms with Crippen molar-refractivity contribution in [2.75, 3.05) is 6.61 Å². The molecule has 0 spiro atoms. The number of benzene rings is 1. The first kappa shape index (κ1) is 11.6. The summed E-state index contributed by atoms with van der Waals surface area (Å²) in [5.74, 6) is 0.376. The average Bonchev–Trinajstić information content (AvgIpc) is 2.85. The number of hydrogen-bond donors (Lipinski definition) is 1. The number of primary amides is 1. The minimum absolute atomic E-state index is 0.172. The highest BCUT2D eigenvalue weighted by Crippen LogP contribution is 2.32. The van der Waals surface area contributed by atoms with Gasteiger partial charge < -0.3 is 10.5 Å². The fraction of sp³-hybridized carbons (Fsp3) is 0.214. The van der Waals surface area contributed by atoms with E-state index in [1.165, 1.54) is 11.8 Å². The number of aromatic nitrogens is 2. The zero-order chi connectivity index (χ0) is 13.4. The number of aryl methyl sites for hydroxylation is 1. The van der Waals surface area contributed by atoms with Crippen molar-refractivity contribution < 1.29 is 9.53 Å². The summed E-state index contributed by atoms with van der Waals surface area (Å²) in [5, 5.41) is 0. The van der Waals surface area contributed by atoms with E-state index < -0.39 is 5.91 Å². The lowest BCUT2D eigenvalue weighted by molar-refractivity contribution is 0.0995. The third-order valence-electron chi connectivity index (χ3n) is 3.22. The van der Waals surface area contributed by atoms with Crippen LogP contribution in [-0.2, 0) is 6.42 Å². The van der Waals surface area contributed by atoms with E-state index >= 15 is 0 Å². The SMILES string of the molecule is Cc1cc2c(cc1-c1cnc(C(N)=O)cn1)CCO2. The van der Waals surface area contributed by atoms with Crippen molar-refractivity contribution >= 4 is 5.91 Å². The molecule has 5 nitrogen and oxygen atoms in total. The molecule has 1 aromatic carbocycles. The van der Waals surface area contributed by atoms with Crippen LogP contribution in [0.25, 0.3) is 11.3 Å². The molecule has 96 valence electrons. The monoisotopic (exact) mass is 255 g/mol. The Morgan fingerprint density at radius 3 is 2.84 bits per heavy atom. The molecule has 2 heterocycles. The smallest absolute Gasteiger partial charge is 0.268 e. The second-order valence-electron chi connectivity index (χ2n) is 4.52. The van der Waals surface area contributed by atoms with Gasteiger partial charge in [-0.2, -0.15) is 0 Å². The van der Waals surface area contributed by atoms with Crippen LogP contribution in [0.1, 0.15) is 21.6 Å². The number of ether oxygens (including phenoxy) is 1. The molecule has 0 fully saturated rings. The van der Waals surface area contributed by atoms with Crippen LogP contribution in [0.15, 0.2) is 24.5 Å². The van der Waals surface area contributed by atoms with Crippen LogP contribution in [0.5, 0.6) is 5.75 Å². The van der Waals surface area contributed by atoms with Crippen molar-refractivity contribution in [3.8, 4) is 17.0 Å². The lowest BCUT2D eigenvalue weighted by atomic mass is 10.0. The minimum Gasteiger partial charge on any atom is -0.493 e. The van der Waals surface area contributed by atoms with E-state index in [1.54, 1.807) is 6.20 Å². The van der Waals surface area contributed by atoms with Gasteiger partial charge in [0.2, 0.25) is 0 Å². The largest absolute Gasteiger partial charge is 0.493 e. The van der Waals surface area contributed by atoms with E-state index in [-0.39, 0.29) is 5.69 Å². The van der Waals surface area contributed by atoms with Crippen LogP contribution < -0.4 is 10.5 Å². The molecule has 0 atom stereocenters. The van der Waals surface area contributed by atoms with Gasteiger partial charge in [0, 0.05) is 12.0 Å². The molecule has 2 N–H and O–H groups in total. The Labute approximate surface area is 110 Å². The molecular weight excluding hydrogens is 242 g/mol. The molecule has 5 heteroatoms. The number of fused-ring (bicyclic) bond motifs is 1. The van der Waals surface area contributed by atoms with Gasteiger partial charge in [-0.3, -0.25) is 9.78 Å². The standard InChI is InChI=1S/C14H13N3O2/c1-8-4-13-9(2-3-19-13)5-10(8)11-6-17-12(7-16-11)14(15)18/h4-7H,2-3H2,1H3,(H2,15,18). The molecule has 1 aromatic heterocycles. The Hall–Kier alpha value is -2.43. The van der Waals surface area contributed by atoms with Crippen LogP contribution in [-0.4, -0.2) is 22.5 Å². The second-order valence-corrected chi connectivity index (χ2v) is 4.52. The molecule has 1 aliphatic heterocycles. The van der Waals surface area contributed by atoms with Gasteiger partial charge in [0.25, 0.3) is 5.91 Å². The maximum absolute atomic E-state index is 11.0. The van der Waals surface area contributed by atoms with Gasteiger partial charge in [-0.15, -0.1) is 0 Å². The van der Waals surface area contributed by atoms with Crippen LogP contribution >= 0.6 is 0 Å². The van der Waals surface area contributed by atoms with Gasteiger partial charge in [-0.25, -0.2) is 4.98 Å². The number of amides is 1. The number of nitrogens with zero attached hydrogens (tertiary/aromatic N) is 2. The summed E-state index contributed by atoms with van der Waals surface area (Å²) in [7, 11) is 0. The molecule has 0 unspecified atom stereocenters. The molecule has 3 rings (SSSR count). The predicted octanol–water partition coefficient (Wildman–Crippen LogP) is 1.49. The van der Waals surface area contributed by atoms with Crippen molar-refractivity contribution in [3.05, 3.63) is 41.3 Å². The lowest BCUT2D eigenvalue weighted by Gasteiger charge is -2.08. The molecule has 2 aromatic rings. The first-order valence-electron chi connectivity index (χ1n) is 6.03. The van der Waals surface area contributed by atoms with E-state index in [9.17, 15) is 4.79 Å². The topological polar surface area (TPSA) is 78.1 Å². The Morgan fingerprint density at radius 1 is 1.32 bits per heavy atom. The van der Waals surface area contributed by atoms with Crippen molar-refractivity contribution in [1.82, 2.24) is 9.97 Å². The molecule has 1 amide bonds. The zero-order valence-corrected chi connectivity index (χ0v) is 10.5. The molecule has 0 saturated carbocycles. The van der Waals surface area contributed by atoms with Gasteiger partial charge in [0.15, 0.2) is 0 Å². The summed E-state index contributed by atoms with van der Waals surface area (Å²) in [6.07, 6.45) is 3.89. The molecule has 19 heavy (non-hydrogen) atoms. The maximum atomic E-state index is 11.0. The van der Waals surface area contributed by atoms with Crippen molar-refractivity contribution in [1.29, 1.82) is 0 Å². The Morgan fingerprint density at radius 2 is 2.16 bits per heavy atom. The lowest BCUT2D eigenvalue weighted by Crippen LogP contribution is -2.13. The van der Waals surface area contributed by atoms with Crippen LogP contribution in [0.3, 0.4) is 0 Å². The first-order valence-corrected chi connectivity index (χ1v) is 6.03. The van der Waals surface area contributed by atoms with Crippen molar-refractivity contribution in [3.63, 3.8) is 0 Å². The normalized spacial score (nSPS) is 12.9. The first-order chi connectivity index (χ1) is 9.15. The van der Waals surface area contributed by atoms with Gasteiger partial charge >= 0.3 is 0 Å². The van der Waals surface area contributed by atoms with E-state index in [0.29, 0.717) is 0 Å². The Bertz CT molecular complexity index is 650. The summed E-state index contributed by atoms with van der Waals surface area (Å²) >= 11 is 0. The summed E-state index contributed by atoms with van der Waals surface area (Å²) in [4.78, 5) is 19.2. The second kappa shape index (κ2) is 4.35. The van der Waals surface area contributed by atoms with Crippen LogP contribution in [0, 0.1) is 6.92 Å². The van der Waals surface area contributed by atoms with Crippen LogP contribution in [0.2, 0.25) is 0 Å². The number of rotatable bonds is 2. The summed E-state index contributed by atoms with van der Waals surface area (Å²) < 4.78 is 5.52. The molecule has 0 saturated heterocycles. The predicted molar refractivity (Wildman–Crippen MR) is 69.9 cm³/mol. The van der Waals surface area contributed by atoms with Gasteiger partial charge in [0.1, 0.15) is 11.4 Å². The molecule has 0 radical (unpaired) electrons. The van der Waals surface area contributed by atoms with Crippen molar-refractivity contribution in [2.45, 2.75) is 13.3 Å². The number of hydrogen-bond acceptors (Lipinski definition) is 4. The summed E-state index contributed by atoms with van der Waals surface area (Å²) in [6.45, 7) is 2.73. The van der Waals surface area contributed by atoms with Crippen molar-refractivity contribution in [2.24, 2.45) is 5.73 Å². The van der Waals surface area contributed by atoms with Crippen LogP contribution in [0.4, 0.5) is 0 Å². The highest BCUT2D eigenvalue weighted by atomic mass is 16.5. The fourth-order valence-corrected chi connectivity index (χ4v) is 2.20. The molecule has 1 aliphatic rings. The average molecular weight is 255 g/mol. The fourth-order valence-electron chi connectivity index (χ4n) is 2.20. The quantitative estimate of drug-likeness (QED) is 0.881. The summed E-state index contributed by atoms with van der Waals surface area (Å²) in [6, 6.07) is 4.09. The molecule has 0 bridgehead atoms. The van der Waals surface area contributed by atoms with E-state index in [1.807, 2.05) is 13.0 Å². The zero-order valence-electron chi connectivity index (χ0n) is 10.5. The Balaban J connectivity index is 2.04. The summed E-state index contributed by atoms with van der Waals surface area (Å²) in [5.41, 5.74) is 9.31. The highest BCUT2D eigenvalue weighted by molar-refractivity contribution is 5.90. The molecular formula is C14H13N3O2. The number of carbonyl (C=O) groups is 1. The molecule has 0 aliphatic carbocycles. The van der Waals surface area contributed by atoms with E-state index in [4.69, 9.17) is 10.5 Å². The van der Waals surface area contributed by atoms with Gasteiger partial charge in [0.05, 0.1) is 24.7 Å².